The van der Waals surface area contributed by atoms with Crippen LogP contribution in [0.25, 0.3) is 0 Å². The van der Waals surface area contributed by atoms with E-state index in [0.717, 1.165) is 27.6 Å². The number of nitrogens with zero attached hydrogens (tertiary/aromatic N) is 2. The van der Waals surface area contributed by atoms with Crippen molar-refractivity contribution in [3.63, 3.8) is 0 Å². The van der Waals surface area contributed by atoms with Crippen molar-refractivity contribution in [3.8, 4) is 5.75 Å². The highest BCUT2D eigenvalue weighted by molar-refractivity contribution is 14.1. The monoisotopic (exact) mass is 344 g/mol. The molecule has 1 aromatic carbocycles. The molecule has 5 heteroatoms. The van der Waals surface area contributed by atoms with Crippen LogP contribution in [0.1, 0.15) is 22.9 Å². The third-order valence-corrected chi connectivity index (χ3v) is 4.31. The third kappa shape index (κ3) is 1.82. The van der Waals surface area contributed by atoms with E-state index >= 15 is 0 Å². The largest absolute Gasteiger partial charge is 0.493 e. The maximum absolute atomic E-state index is 5.64. The average Bonchev–Trinajstić information content (AvgIpc) is 2.75. The average molecular weight is 344 g/mol. The molecule has 0 saturated carbocycles. The number of hydrogen-bond acceptors (Lipinski definition) is 4. The number of hydrogen-bond donors (Lipinski definition) is 0. The summed E-state index contributed by atoms with van der Waals surface area (Å²) < 4.78 is 10.7. The van der Waals surface area contributed by atoms with Crippen molar-refractivity contribution in [2.75, 3.05) is 6.61 Å². The van der Waals surface area contributed by atoms with Crippen LogP contribution in [0.5, 0.6) is 5.75 Å². The van der Waals surface area contributed by atoms with Crippen LogP contribution in [0.4, 0.5) is 0 Å². The Morgan fingerprint density at radius 2 is 2.25 bits per heavy atom. The molecule has 2 aromatic rings. The molecule has 0 saturated heterocycles. The molecule has 1 aliphatic heterocycles. The van der Waals surface area contributed by atoms with Crippen molar-refractivity contribution in [1.29, 1.82) is 0 Å². The van der Waals surface area contributed by atoms with Gasteiger partial charge in [-0.3, -0.25) is 0 Å². The minimum Gasteiger partial charge on any atom is -0.493 e. The first-order chi connectivity index (χ1) is 7.84. The predicted octanol–water partition coefficient (Wildman–Crippen LogP) is 3.06. The second kappa shape index (κ2) is 4.29. The summed E-state index contributed by atoms with van der Waals surface area (Å²) in [7, 11) is 0. The number of aromatic nitrogens is 2. The molecule has 0 fully saturated rings. The summed E-state index contributed by atoms with van der Waals surface area (Å²) in [4.78, 5) is 4.47. The highest BCUT2D eigenvalue weighted by atomic mass is 127. The van der Waals surface area contributed by atoms with Crippen molar-refractivity contribution in [1.82, 2.24) is 9.36 Å². The van der Waals surface area contributed by atoms with Gasteiger partial charge < -0.3 is 4.74 Å². The molecule has 82 valence electrons. The van der Waals surface area contributed by atoms with Gasteiger partial charge in [0, 0.05) is 34.1 Å². The molecule has 0 N–H and O–H groups in total. The van der Waals surface area contributed by atoms with Gasteiger partial charge in [-0.15, -0.1) is 0 Å². The van der Waals surface area contributed by atoms with Crippen LogP contribution in [-0.2, 0) is 0 Å². The van der Waals surface area contributed by atoms with Crippen molar-refractivity contribution >= 4 is 34.1 Å². The maximum Gasteiger partial charge on any atom is 0.203 e. The Morgan fingerprint density at radius 3 is 3.06 bits per heavy atom. The second-order valence-electron chi connectivity index (χ2n) is 3.63. The highest BCUT2D eigenvalue weighted by Crippen LogP contribution is 2.38. The zero-order chi connectivity index (χ0) is 11.0. The van der Waals surface area contributed by atoms with Gasteiger partial charge in [0.15, 0.2) is 0 Å². The Labute approximate surface area is 111 Å². The lowest BCUT2D eigenvalue weighted by Gasteiger charge is -2.23. The summed E-state index contributed by atoms with van der Waals surface area (Å²) in [6.45, 7) is 0.762. The van der Waals surface area contributed by atoms with E-state index in [-0.39, 0.29) is 0 Å². The van der Waals surface area contributed by atoms with E-state index in [1.54, 1.807) is 0 Å². The van der Waals surface area contributed by atoms with E-state index in [1.807, 2.05) is 18.2 Å². The molecule has 0 radical (unpaired) electrons. The van der Waals surface area contributed by atoms with Crippen LogP contribution in [0.3, 0.4) is 0 Å². The number of ether oxygens (including phenoxy) is 1. The van der Waals surface area contributed by atoms with Crippen LogP contribution in [0.2, 0.25) is 0 Å². The molecule has 0 bridgehead atoms. The number of para-hydroxylation sites is 1. The molecule has 1 atom stereocenters. The van der Waals surface area contributed by atoms with Crippen LogP contribution in [0.15, 0.2) is 24.3 Å². The van der Waals surface area contributed by atoms with Crippen LogP contribution in [-0.4, -0.2) is 16.0 Å². The molecule has 0 aliphatic carbocycles. The summed E-state index contributed by atoms with van der Waals surface area (Å²) in [6.07, 6.45) is 0.988. The van der Waals surface area contributed by atoms with E-state index in [9.17, 15) is 0 Å². The highest BCUT2D eigenvalue weighted by Gasteiger charge is 2.25. The van der Waals surface area contributed by atoms with E-state index in [1.165, 1.54) is 17.1 Å². The summed E-state index contributed by atoms with van der Waals surface area (Å²) >= 11 is 3.65. The quantitative estimate of drug-likeness (QED) is 0.746. The fraction of sp³-hybridized carbons (Fsp3) is 0.273. The Morgan fingerprint density at radius 1 is 1.38 bits per heavy atom. The van der Waals surface area contributed by atoms with E-state index in [2.05, 4.69) is 38.0 Å². The Bertz CT molecular complexity index is 514. The Hall–Kier alpha value is -0.690. The number of halogens is 1. The van der Waals surface area contributed by atoms with Gasteiger partial charge in [0.05, 0.1) is 6.61 Å². The molecule has 0 spiro atoms. The maximum atomic E-state index is 5.64. The van der Waals surface area contributed by atoms with Gasteiger partial charge in [0.2, 0.25) is 3.83 Å². The van der Waals surface area contributed by atoms with Gasteiger partial charge in [-0.1, -0.05) is 18.2 Å². The van der Waals surface area contributed by atoms with Gasteiger partial charge in [-0.05, 0) is 24.0 Å². The summed E-state index contributed by atoms with van der Waals surface area (Å²) in [5.74, 6) is 1.34. The third-order valence-electron chi connectivity index (χ3n) is 2.67. The molecule has 1 aromatic heterocycles. The first kappa shape index (κ1) is 10.5. The van der Waals surface area contributed by atoms with Crippen molar-refractivity contribution in [3.05, 3.63) is 38.7 Å². The zero-order valence-electron chi connectivity index (χ0n) is 8.39. The van der Waals surface area contributed by atoms with Crippen molar-refractivity contribution < 1.29 is 4.74 Å². The van der Waals surface area contributed by atoms with E-state index in [0.29, 0.717) is 5.92 Å². The Kier molecular flexibility index (Phi) is 2.81. The lowest BCUT2D eigenvalue weighted by molar-refractivity contribution is 0.277. The predicted molar refractivity (Wildman–Crippen MR) is 71.0 cm³/mol. The minimum absolute atomic E-state index is 0.353. The molecule has 3 nitrogen and oxygen atoms in total. The standard InChI is InChI=1S/C11H9IN2OS/c12-11-13-10(16-14-11)8-5-6-15-9-4-2-1-3-7(8)9/h1-4,8H,5-6H2. The van der Waals surface area contributed by atoms with Crippen LogP contribution < -0.4 is 4.74 Å². The molecule has 1 aliphatic rings. The van der Waals surface area contributed by atoms with E-state index < -0.39 is 0 Å². The van der Waals surface area contributed by atoms with Gasteiger partial charge in [0.1, 0.15) is 10.8 Å². The first-order valence-corrected chi connectivity index (χ1v) is 6.90. The van der Waals surface area contributed by atoms with Crippen molar-refractivity contribution in [2.24, 2.45) is 0 Å². The van der Waals surface area contributed by atoms with Gasteiger partial charge in [0.25, 0.3) is 0 Å². The number of rotatable bonds is 1. The lowest BCUT2D eigenvalue weighted by atomic mass is 9.94. The molecule has 16 heavy (non-hydrogen) atoms. The van der Waals surface area contributed by atoms with E-state index in [4.69, 9.17) is 4.74 Å². The first-order valence-electron chi connectivity index (χ1n) is 5.05. The molecular weight excluding hydrogens is 335 g/mol. The van der Waals surface area contributed by atoms with Crippen LogP contribution >= 0.6 is 34.1 Å². The summed E-state index contributed by atoms with van der Waals surface area (Å²) in [5.41, 5.74) is 1.24. The molecular formula is C11H9IN2OS. The zero-order valence-corrected chi connectivity index (χ0v) is 11.4. The smallest absolute Gasteiger partial charge is 0.203 e. The molecule has 0 amide bonds. The fourth-order valence-corrected chi connectivity index (χ4v) is 3.38. The summed E-state index contributed by atoms with van der Waals surface area (Å²) in [5, 5.41) is 1.10. The lowest BCUT2D eigenvalue weighted by Crippen LogP contribution is -2.14. The van der Waals surface area contributed by atoms with Crippen LogP contribution in [0, 0.1) is 3.83 Å². The molecule has 1 unspecified atom stereocenters. The molecule has 2 heterocycles. The fourth-order valence-electron chi connectivity index (χ4n) is 1.96. The minimum atomic E-state index is 0.353. The molecule has 3 rings (SSSR count). The SMILES string of the molecule is Ic1nsc(C2CCOc3ccccc32)n1. The second-order valence-corrected chi connectivity index (χ2v) is 5.38. The Balaban J connectivity index is 2.04. The van der Waals surface area contributed by atoms with Gasteiger partial charge in [-0.2, -0.15) is 4.37 Å². The number of fused-ring (bicyclic) bond motifs is 1. The van der Waals surface area contributed by atoms with Crippen molar-refractivity contribution in [2.45, 2.75) is 12.3 Å². The van der Waals surface area contributed by atoms with Gasteiger partial charge >= 0.3 is 0 Å². The van der Waals surface area contributed by atoms with Gasteiger partial charge in [-0.25, -0.2) is 4.98 Å². The number of benzene rings is 1. The topological polar surface area (TPSA) is 35.0 Å². The normalized spacial score (nSPS) is 18.9. The summed E-state index contributed by atoms with van der Waals surface area (Å²) in [6, 6.07) is 8.19.